The molecule has 2 amide bonds. The molecule has 0 unspecified atom stereocenters. The fourth-order valence-electron chi connectivity index (χ4n) is 3.11. The zero-order chi connectivity index (χ0) is 18.3. The van der Waals surface area contributed by atoms with E-state index in [9.17, 15) is 9.59 Å². The number of benzene rings is 2. The molecule has 0 aliphatic carbocycles. The highest BCUT2D eigenvalue weighted by molar-refractivity contribution is 6.36. The third-order valence-electron chi connectivity index (χ3n) is 4.57. The maximum atomic E-state index is 12.7. The van der Waals surface area contributed by atoms with Crippen LogP contribution in [0, 0.1) is 27.7 Å². The van der Waals surface area contributed by atoms with Crippen LogP contribution < -0.4 is 5.32 Å². The van der Waals surface area contributed by atoms with Crippen molar-refractivity contribution >= 4 is 23.1 Å². The molecule has 25 heavy (non-hydrogen) atoms. The van der Waals surface area contributed by atoms with E-state index in [4.69, 9.17) is 0 Å². The summed E-state index contributed by atoms with van der Waals surface area (Å²) in [6, 6.07) is 11.8. The van der Waals surface area contributed by atoms with Gasteiger partial charge in [-0.25, -0.2) is 0 Å². The van der Waals surface area contributed by atoms with Gasteiger partial charge in [-0.1, -0.05) is 24.3 Å². The van der Waals surface area contributed by atoms with Crippen molar-refractivity contribution in [3.05, 3.63) is 69.9 Å². The lowest BCUT2D eigenvalue weighted by Gasteiger charge is -2.11. The minimum Gasteiger partial charge on any atom is -0.350 e. The number of amides is 2. The van der Waals surface area contributed by atoms with E-state index in [-0.39, 0.29) is 11.8 Å². The van der Waals surface area contributed by atoms with Crippen LogP contribution in [0.2, 0.25) is 0 Å². The van der Waals surface area contributed by atoms with Crippen molar-refractivity contribution in [3.8, 4) is 0 Å². The largest absolute Gasteiger partial charge is 0.350 e. The van der Waals surface area contributed by atoms with Gasteiger partial charge in [0.2, 0.25) is 0 Å². The number of aryl methyl sites for hydroxylation is 4. The Kier molecular flexibility index (Phi) is 4.21. The van der Waals surface area contributed by atoms with Crippen LogP contribution in [0.15, 0.2) is 42.1 Å². The second-order valence-electron chi connectivity index (χ2n) is 6.72. The van der Waals surface area contributed by atoms with Gasteiger partial charge >= 0.3 is 0 Å². The van der Waals surface area contributed by atoms with Crippen molar-refractivity contribution in [2.24, 2.45) is 0 Å². The Bertz CT molecular complexity index is 905. The molecule has 1 aliphatic heterocycles. The van der Waals surface area contributed by atoms with Crippen molar-refractivity contribution in [3.63, 3.8) is 0 Å². The van der Waals surface area contributed by atoms with Gasteiger partial charge in [0.15, 0.2) is 0 Å². The maximum Gasteiger partial charge on any atom is 0.277 e. The molecule has 0 spiro atoms. The molecule has 0 aromatic heterocycles. The molecule has 4 nitrogen and oxygen atoms in total. The number of likely N-dealkylation sites (N-methyl/N-ethyl adjacent to an activating group) is 1. The summed E-state index contributed by atoms with van der Waals surface area (Å²) in [5.74, 6) is -0.586. The third kappa shape index (κ3) is 3.07. The van der Waals surface area contributed by atoms with E-state index in [2.05, 4.69) is 11.4 Å². The predicted molar refractivity (Wildman–Crippen MR) is 100 cm³/mol. The van der Waals surface area contributed by atoms with Crippen LogP contribution in [-0.2, 0) is 9.59 Å². The van der Waals surface area contributed by atoms with Crippen LogP contribution in [0.25, 0.3) is 5.57 Å². The molecule has 0 bridgehead atoms. The van der Waals surface area contributed by atoms with E-state index in [0.29, 0.717) is 11.3 Å². The van der Waals surface area contributed by atoms with Gasteiger partial charge in [0, 0.05) is 12.7 Å². The van der Waals surface area contributed by atoms with Gasteiger partial charge in [-0.05, 0) is 67.6 Å². The lowest BCUT2D eigenvalue weighted by molar-refractivity contribution is -0.135. The highest BCUT2D eigenvalue weighted by Crippen LogP contribution is 2.31. The van der Waals surface area contributed by atoms with Crippen molar-refractivity contribution in [2.75, 3.05) is 12.4 Å². The summed E-state index contributed by atoms with van der Waals surface area (Å²) in [4.78, 5) is 26.4. The molecular weight excluding hydrogens is 312 g/mol. The smallest absolute Gasteiger partial charge is 0.277 e. The third-order valence-corrected chi connectivity index (χ3v) is 4.57. The normalized spacial score (nSPS) is 14.5. The monoisotopic (exact) mass is 334 g/mol. The lowest BCUT2D eigenvalue weighted by Crippen LogP contribution is -2.27. The first-order valence-corrected chi connectivity index (χ1v) is 8.27. The van der Waals surface area contributed by atoms with E-state index in [0.717, 1.165) is 38.4 Å². The summed E-state index contributed by atoms with van der Waals surface area (Å²) in [6.07, 6.45) is 0. The molecule has 2 aromatic carbocycles. The van der Waals surface area contributed by atoms with E-state index in [1.807, 2.05) is 58.0 Å². The Balaban J connectivity index is 2.12. The Morgan fingerprint density at radius 3 is 2.04 bits per heavy atom. The molecule has 3 rings (SSSR count). The number of imide groups is 1. The van der Waals surface area contributed by atoms with Crippen molar-refractivity contribution in [2.45, 2.75) is 27.7 Å². The summed E-state index contributed by atoms with van der Waals surface area (Å²) >= 11 is 0. The SMILES string of the molecule is Cc1cc(C)cc(NC2=C(c3ccc(C)c(C)c3)C(=O)N(C)C2=O)c1. The number of hydrogen-bond acceptors (Lipinski definition) is 3. The molecule has 0 atom stereocenters. The van der Waals surface area contributed by atoms with Crippen LogP contribution in [-0.4, -0.2) is 23.8 Å². The first-order valence-electron chi connectivity index (χ1n) is 8.27. The molecule has 0 fully saturated rings. The number of nitrogens with zero attached hydrogens (tertiary/aromatic N) is 1. The van der Waals surface area contributed by atoms with E-state index in [1.165, 1.54) is 7.05 Å². The zero-order valence-electron chi connectivity index (χ0n) is 15.2. The quantitative estimate of drug-likeness (QED) is 0.870. The first kappa shape index (κ1) is 17.0. The fourth-order valence-corrected chi connectivity index (χ4v) is 3.11. The average molecular weight is 334 g/mol. The average Bonchev–Trinajstić information content (AvgIpc) is 2.74. The van der Waals surface area contributed by atoms with E-state index in [1.54, 1.807) is 0 Å². The van der Waals surface area contributed by atoms with Crippen LogP contribution in [0.1, 0.15) is 27.8 Å². The first-order chi connectivity index (χ1) is 11.8. The highest BCUT2D eigenvalue weighted by atomic mass is 16.2. The summed E-state index contributed by atoms with van der Waals surface area (Å²) in [5, 5.41) is 3.18. The lowest BCUT2D eigenvalue weighted by atomic mass is 9.99. The van der Waals surface area contributed by atoms with Gasteiger partial charge in [0.25, 0.3) is 11.8 Å². The van der Waals surface area contributed by atoms with Crippen LogP contribution in [0.3, 0.4) is 0 Å². The number of carbonyl (C=O) groups excluding carboxylic acids is 2. The minimum atomic E-state index is -0.308. The fraction of sp³-hybridized carbons (Fsp3) is 0.238. The Labute approximate surface area is 148 Å². The summed E-state index contributed by atoms with van der Waals surface area (Å²) < 4.78 is 0. The van der Waals surface area contributed by atoms with Crippen molar-refractivity contribution in [1.82, 2.24) is 4.90 Å². The van der Waals surface area contributed by atoms with Gasteiger partial charge in [-0.3, -0.25) is 14.5 Å². The molecule has 1 N–H and O–H groups in total. The molecule has 0 radical (unpaired) electrons. The molecule has 2 aromatic rings. The molecule has 4 heteroatoms. The minimum absolute atomic E-state index is 0.278. The van der Waals surface area contributed by atoms with Gasteiger partial charge in [-0.2, -0.15) is 0 Å². The zero-order valence-corrected chi connectivity index (χ0v) is 15.2. The Morgan fingerprint density at radius 1 is 0.800 bits per heavy atom. The molecule has 128 valence electrons. The van der Waals surface area contributed by atoms with Crippen LogP contribution in [0.4, 0.5) is 5.69 Å². The molecule has 0 saturated carbocycles. The summed E-state index contributed by atoms with van der Waals surface area (Å²) in [7, 11) is 1.52. The molecule has 1 heterocycles. The number of hydrogen-bond donors (Lipinski definition) is 1. The number of rotatable bonds is 3. The topological polar surface area (TPSA) is 49.4 Å². The second-order valence-corrected chi connectivity index (χ2v) is 6.72. The Hall–Kier alpha value is -2.88. The molecule has 0 saturated heterocycles. The van der Waals surface area contributed by atoms with E-state index < -0.39 is 0 Å². The molecule has 1 aliphatic rings. The Morgan fingerprint density at radius 2 is 1.44 bits per heavy atom. The van der Waals surface area contributed by atoms with E-state index >= 15 is 0 Å². The molecular formula is C21H22N2O2. The summed E-state index contributed by atoms with van der Waals surface area (Å²) in [5.41, 5.74) is 6.77. The second kappa shape index (κ2) is 6.20. The number of nitrogens with one attached hydrogen (secondary N) is 1. The van der Waals surface area contributed by atoms with Gasteiger partial charge in [-0.15, -0.1) is 0 Å². The standard InChI is InChI=1S/C21H22N2O2/c1-12-8-13(2)10-17(9-12)22-19-18(20(24)23(5)21(19)25)16-7-6-14(3)15(4)11-16/h6-11,22H,1-5H3. The van der Waals surface area contributed by atoms with Crippen molar-refractivity contribution in [1.29, 1.82) is 0 Å². The van der Waals surface area contributed by atoms with Gasteiger partial charge in [0.1, 0.15) is 5.70 Å². The summed E-state index contributed by atoms with van der Waals surface area (Å²) in [6.45, 7) is 8.03. The van der Waals surface area contributed by atoms with Crippen LogP contribution in [0.5, 0.6) is 0 Å². The highest BCUT2D eigenvalue weighted by Gasteiger charge is 2.36. The van der Waals surface area contributed by atoms with Crippen LogP contribution >= 0.6 is 0 Å². The van der Waals surface area contributed by atoms with Gasteiger partial charge in [0.05, 0.1) is 5.57 Å². The number of carbonyl (C=O) groups is 2. The van der Waals surface area contributed by atoms with Gasteiger partial charge < -0.3 is 5.32 Å². The number of anilines is 1. The predicted octanol–water partition coefficient (Wildman–Crippen LogP) is 3.74. The maximum absolute atomic E-state index is 12.7. The van der Waals surface area contributed by atoms with Crippen molar-refractivity contribution < 1.29 is 9.59 Å².